The van der Waals surface area contributed by atoms with Gasteiger partial charge in [0.25, 0.3) is 0 Å². The van der Waals surface area contributed by atoms with Gasteiger partial charge in [-0.2, -0.15) is 0 Å². The van der Waals surface area contributed by atoms with Crippen LogP contribution in [0.15, 0.2) is 47.4 Å². The summed E-state index contributed by atoms with van der Waals surface area (Å²) in [6.45, 7) is 0. The Morgan fingerprint density at radius 2 is 2.11 bits per heavy atom. The van der Waals surface area contributed by atoms with E-state index in [2.05, 4.69) is 16.4 Å². The van der Waals surface area contributed by atoms with Crippen molar-refractivity contribution in [3.63, 3.8) is 0 Å². The molecule has 0 saturated heterocycles. The van der Waals surface area contributed by atoms with E-state index in [1.54, 1.807) is 29.2 Å². The lowest BCUT2D eigenvalue weighted by Gasteiger charge is -2.26. The summed E-state index contributed by atoms with van der Waals surface area (Å²) in [6, 6.07) is 12.9. The van der Waals surface area contributed by atoms with Crippen LogP contribution in [0, 0.1) is 5.82 Å². The molecule has 2 heterocycles. The predicted octanol–water partition coefficient (Wildman–Crippen LogP) is 5.50. The molecule has 3 aromatic rings. The molecule has 1 amide bonds. The van der Waals surface area contributed by atoms with Crippen LogP contribution in [0.25, 0.3) is 10.2 Å². The number of nitrogens with zero attached hydrogens (tertiary/aromatic N) is 1. The number of thiazole rings is 1. The maximum atomic E-state index is 13.6. The topological polar surface area (TPSA) is 42.0 Å². The zero-order chi connectivity index (χ0) is 18.6. The minimum absolute atomic E-state index is 0.0476. The van der Waals surface area contributed by atoms with Crippen molar-refractivity contribution < 1.29 is 9.18 Å². The molecule has 3 nitrogen and oxygen atoms in total. The average molecular weight is 401 g/mol. The van der Waals surface area contributed by atoms with Gasteiger partial charge in [0.05, 0.1) is 21.3 Å². The number of unbranched alkanes of at least 4 members (excludes halogenated alkanes) is 1. The van der Waals surface area contributed by atoms with Crippen LogP contribution >= 0.6 is 23.1 Å². The van der Waals surface area contributed by atoms with Gasteiger partial charge in [-0.25, -0.2) is 9.37 Å². The first-order valence-corrected chi connectivity index (χ1v) is 11.1. The van der Waals surface area contributed by atoms with Crippen molar-refractivity contribution in [1.82, 2.24) is 10.3 Å². The van der Waals surface area contributed by atoms with Crippen molar-refractivity contribution in [3.05, 3.63) is 58.9 Å². The van der Waals surface area contributed by atoms with E-state index in [1.165, 1.54) is 10.8 Å². The van der Waals surface area contributed by atoms with Crippen LogP contribution in [-0.4, -0.2) is 16.6 Å². The van der Waals surface area contributed by atoms with E-state index in [0.29, 0.717) is 6.42 Å². The highest BCUT2D eigenvalue weighted by atomic mass is 32.2. The van der Waals surface area contributed by atoms with Gasteiger partial charge in [-0.05, 0) is 61.6 Å². The molecule has 0 fully saturated rings. The van der Waals surface area contributed by atoms with Crippen LogP contribution in [0.2, 0.25) is 0 Å². The Labute approximate surface area is 166 Å². The molecule has 0 aliphatic carbocycles. The molecule has 0 spiro atoms. The second-order valence-electron chi connectivity index (χ2n) is 6.72. The minimum Gasteiger partial charge on any atom is -0.349 e. The Hall–Kier alpha value is -1.92. The molecule has 1 atom stereocenters. The fourth-order valence-corrected chi connectivity index (χ4v) is 5.49. The summed E-state index contributed by atoms with van der Waals surface area (Å²) in [5, 5.41) is 4.22. The van der Waals surface area contributed by atoms with Crippen molar-refractivity contribution in [2.45, 2.75) is 43.0 Å². The Kier molecular flexibility index (Phi) is 5.74. The van der Waals surface area contributed by atoms with Gasteiger partial charge in [0.2, 0.25) is 5.91 Å². The Morgan fingerprint density at radius 1 is 1.22 bits per heavy atom. The fourth-order valence-electron chi connectivity index (χ4n) is 3.37. The Bertz CT molecular complexity index is 923. The predicted molar refractivity (Wildman–Crippen MR) is 110 cm³/mol. The molecule has 27 heavy (non-hydrogen) atoms. The molecular formula is C21H21FN2OS2. The van der Waals surface area contributed by atoms with E-state index in [4.69, 9.17) is 0 Å². The standard InChI is InChI=1S/C21H21FN2OS2/c22-14-9-10-18-15(13-14)16(11-12-26-18)23-20(25)7-3-4-8-21-24-17-5-1-2-6-19(17)27-21/h1-2,5-6,9-10,13,16H,3-4,7-8,11-12H2,(H,23,25). The highest BCUT2D eigenvalue weighted by Crippen LogP contribution is 2.36. The third-order valence-electron chi connectivity index (χ3n) is 4.73. The quantitative estimate of drug-likeness (QED) is 0.556. The summed E-state index contributed by atoms with van der Waals surface area (Å²) in [7, 11) is 0. The monoisotopic (exact) mass is 400 g/mol. The fraction of sp³-hybridized carbons (Fsp3) is 0.333. The summed E-state index contributed by atoms with van der Waals surface area (Å²) in [4.78, 5) is 18.0. The summed E-state index contributed by atoms with van der Waals surface area (Å²) >= 11 is 3.45. The van der Waals surface area contributed by atoms with E-state index >= 15 is 0 Å². The number of aromatic nitrogens is 1. The Balaban J connectivity index is 1.26. The summed E-state index contributed by atoms with van der Waals surface area (Å²) in [5.74, 6) is 0.749. The van der Waals surface area contributed by atoms with Crippen molar-refractivity contribution in [2.75, 3.05) is 5.75 Å². The van der Waals surface area contributed by atoms with Crippen LogP contribution in [0.3, 0.4) is 0 Å². The number of nitrogens with one attached hydrogen (secondary N) is 1. The van der Waals surface area contributed by atoms with Gasteiger partial charge in [0.1, 0.15) is 5.82 Å². The van der Waals surface area contributed by atoms with Gasteiger partial charge in [0.15, 0.2) is 0 Å². The maximum absolute atomic E-state index is 13.6. The molecule has 140 valence electrons. The number of carbonyl (C=O) groups excluding carboxylic acids is 1. The van der Waals surface area contributed by atoms with Crippen molar-refractivity contribution in [1.29, 1.82) is 0 Å². The lowest BCUT2D eigenvalue weighted by atomic mass is 10.0. The van der Waals surface area contributed by atoms with Crippen LogP contribution in [-0.2, 0) is 11.2 Å². The zero-order valence-corrected chi connectivity index (χ0v) is 16.5. The number of benzene rings is 2. The number of aryl methyl sites for hydroxylation is 1. The first-order chi connectivity index (χ1) is 13.2. The molecule has 0 saturated carbocycles. The molecule has 1 unspecified atom stereocenters. The molecule has 1 N–H and O–H groups in total. The van der Waals surface area contributed by atoms with E-state index < -0.39 is 0 Å². The lowest BCUT2D eigenvalue weighted by Crippen LogP contribution is -2.30. The van der Waals surface area contributed by atoms with Gasteiger partial charge in [-0.15, -0.1) is 23.1 Å². The van der Waals surface area contributed by atoms with E-state index in [-0.39, 0.29) is 17.8 Å². The summed E-state index contributed by atoms with van der Waals surface area (Å²) in [5.41, 5.74) is 1.96. The largest absolute Gasteiger partial charge is 0.349 e. The number of rotatable bonds is 6. The number of amides is 1. The maximum Gasteiger partial charge on any atom is 0.220 e. The van der Waals surface area contributed by atoms with Crippen molar-refractivity contribution in [3.8, 4) is 0 Å². The van der Waals surface area contributed by atoms with E-state index in [9.17, 15) is 9.18 Å². The van der Waals surface area contributed by atoms with Crippen LogP contribution in [0.5, 0.6) is 0 Å². The number of thioether (sulfide) groups is 1. The number of fused-ring (bicyclic) bond motifs is 2. The van der Waals surface area contributed by atoms with Gasteiger partial charge in [-0.1, -0.05) is 12.1 Å². The Morgan fingerprint density at radius 3 is 3.00 bits per heavy atom. The molecule has 0 radical (unpaired) electrons. The van der Waals surface area contributed by atoms with E-state index in [0.717, 1.165) is 52.4 Å². The van der Waals surface area contributed by atoms with Crippen LogP contribution in [0.1, 0.15) is 42.3 Å². The third-order valence-corrected chi connectivity index (χ3v) is 6.95. The van der Waals surface area contributed by atoms with Gasteiger partial charge in [0, 0.05) is 17.1 Å². The highest BCUT2D eigenvalue weighted by Gasteiger charge is 2.22. The number of para-hydroxylation sites is 1. The second kappa shape index (κ2) is 8.40. The molecule has 1 aliphatic rings. The summed E-state index contributed by atoms with van der Waals surface area (Å²) in [6.07, 6.45) is 4.02. The molecule has 6 heteroatoms. The van der Waals surface area contributed by atoms with Crippen molar-refractivity contribution in [2.24, 2.45) is 0 Å². The lowest BCUT2D eigenvalue weighted by molar-refractivity contribution is -0.122. The van der Waals surface area contributed by atoms with Crippen LogP contribution in [0.4, 0.5) is 4.39 Å². The molecule has 1 aromatic heterocycles. The van der Waals surface area contributed by atoms with Crippen molar-refractivity contribution >= 4 is 39.2 Å². The molecule has 2 aromatic carbocycles. The normalized spacial score (nSPS) is 16.3. The van der Waals surface area contributed by atoms with Gasteiger partial charge in [-0.3, -0.25) is 4.79 Å². The minimum atomic E-state index is -0.244. The number of hydrogen-bond donors (Lipinski definition) is 1. The number of carbonyl (C=O) groups is 1. The summed E-state index contributed by atoms with van der Waals surface area (Å²) < 4.78 is 14.8. The zero-order valence-electron chi connectivity index (χ0n) is 14.9. The molecule has 4 rings (SSSR count). The smallest absolute Gasteiger partial charge is 0.220 e. The molecular weight excluding hydrogens is 379 g/mol. The SMILES string of the molecule is O=C(CCCCc1nc2ccccc2s1)NC1CCSc2ccc(F)cc21. The second-order valence-corrected chi connectivity index (χ2v) is 8.97. The molecule has 1 aliphatic heterocycles. The van der Waals surface area contributed by atoms with Gasteiger partial charge >= 0.3 is 0 Å². The number of hydrogen-bond acceptors (Lipinski definition) is 4. The van der Waals surface area contributed by atoms with E-state index in [1.807, 2.05) is 24.3 Å². The molecule has 0 bridgehead atoms. The third kappa shape index (κ3) is 4.50. The van der Waals surface area contributed by atoms with Gasteiger partial charge < -0.3 is 5.32 Å². The first-order valence-electron chi connectivity index (χ1n) is 9.25. The first kappa shape index (κ1) is 18.4. The average Bonchev–Trinajstić information content (AvgIpc) is 3.08. The van der Waals surface area contributed by atoms with Crippen LogP contribution < -0.4 is 5.32 Å². The highest BCUT2D eigenvalue weighted by molar-refractivity contribution is 7.99. The number of halogens is 1.